The van der Waals surface area contributed by atoms with E-state index >= 15 is 0 Å². The van der Waals surface area contributed by atoms with Crippen molar-refractivity contribution < 1.29 is 9.13 Å². The molecule has 1 heterocycles. The number of nitrogens with one attached hydrogen (secondary N) is 1. The molecule has 1 rings (SSSR count). The average molecular weight is 147 g/mol. The van der Waals surface area contributed by atoms with Gasteiger partial charge < -0.3 is 10.1 Å². The van der Waals surface area contributed by atoms with E-state index in [1.807, 2.05) is 0 Å². The minimum absolute atomic E-state index is 0.0338. The van der Waals surface area contributed by atoms with Crippen molar-refractivity contribution in [3.63, 3.8) is 0 Å². The number of alkyl halides is 1. The van der Waals surface area contributed by atoms with Crippen LogP contribution in [-0.4, -0.2) is 32.0 Å². The summed E-state index contributed by atoms with van der Waals surface area (Å²) in [7, 11) is 0. The first-order valence-corrected chi connectivity index (χ1v) is 3.66. The van der Waals surface area contributed by atoms with Gasteiger partial charge in [0.1, 0.15) is 6.67 Å². The SMILES string of the molecule is CC1(NCCF)CCOC1. The van der Waals surface area contributed by atoms with Gasteiger partial charge in [-0.1, -0.05) is 0 Å². The third-order valence-corrected chi connectivity index (χ3v) is 1.87. The van der Waals surface area contributed by atoms with Crippen LogP contribution in [0.2, 0.25) is 0 Å². The lowest BCUT2D eigenvalue weighted by Gasteiger charge is -2.22. The summed E-state index contributed by atoms with van der Waals surface area (Å²) in [5.74, 6) is 0. The molecule has 0 aliphatic carbocycles. The van der Waals surface area contributed by atoms with E-state index in [-0.39, 0.29) is 12.2 Å². The highest BCUT2D eigenvalue weighted by Gasteiger charge is 2.28. The van der Waals surface area contributed by atoms with E-state index < -0.39 is 0 Å². The Morgan fingerprint density at radius 2 is 2.50 bits per heavy atom. The Hall–Kier alpha value is -0.150. The normalized spacial score (nSPS) is 33.0. The zero-order chi connectivity index (χ0) is 7.45. The fourth-order valence-corrected chi connectivity index (χ4v) is 1.16. The molecule has 1 atom stereocenters. The van der Waals surface area contributed by atoms with Crippen molar-refractivity contribution in [3.05, 3.63) is 0 Å². The number of hydrogen-bond acceptors (Lipinski definition) is 2. The highest BCUT2D eigenvalue weighted by atomic mass is 19.1. The molecule has 0 radical (unpaired) electrons. The Balaban J connectivity index is 2.22. The monoisotopic (exact) mass is 147 g/mol. The van der Waals surface area contributed by atoms with Crippen molar-refractivity contribution in [2.24, 2.45) is 0 Å². The Morgan fingerprint density at radius 3 is 3.00 bits per heavy atom. The summed E-state index contributed by atoms with van der Waals surface area (Å²) in [6.07, 6.45) is 0.993. The standard InChI is InChI=1S/C7H14FNO/c1-7(9-4-3-8)2-5-10-6-7/h9H,2-6H2,1H3. The van der Waals surface area contributed by atoms with Crippen molar-refractivity contribution in [3.8, 4) is 0 Å². The third-order valence-electron chi connectivity index (χ3n) is 1.87. The Kier molecular flexibility index (Phi) is 2.63. The zero-order valence-corrected chi connectivity index (χ0v) is 6.32. The third kappa shape index (κ3) is 1.92. The second-order valence-electron chi connectivity index (χ2n) is 2.98. The maximum atomic E-state index is 11.7. The summed E-state index contributed by atoms with van der Waals surface area (Å²) in [6.45, 7) is 3.73. The maximum absolute atomic E-state index is 11.7. The van der Waals surface area contributed by atoms with Gasteiger partial charge in [0.25, 0.3) is 0 Å². The minimum Gasteiger partial charge on any atom is -0.379 e. The van der Waals surface area contributed by atoms with Crippen molar-refractivity contribution in [2.75, 3.05) is 26.4 Å². The van der Waals surface area contributed by atoms with Crippen LogP contribution in [0.1, 0.15) is 13.3 Å². The molecule has 0 spiro atoms. The topological polar surface area (TPSA) is 21.3 Å². The van der Waals surface area contributed by atoms with Gasteiger partial charge in [-0.05, 0) is 13.3 Å². The van der Waals surface area contributed by atoms with E-state index in [1.54, 1.807) is 0 Å². The van der Waals surface area contributed by atoms with Crippen LogP contribution >= 0.6 is 0 Å². The zero-order valence-electron chi connectivity index (χ0n) is 6.32. The molecule has 0 aromatic carbocycles. The number of halogens is 1. The first-order chi connectivity index (χ1) is 4.77. The minimum atomic E-state index is -0.296. The molecule has 0 aromatic rings. The Labute approximate surface area is 60.8 Å². The summed E-state index contributed by atoms with van der Waals surface area (Å²) in [5.41, 5.74) is 0.0338. The number of rotatable bonds is 3. The van der Waals surface area contributed by atoms with Crippen molar-refractivity contribution in [1.82, 2.24) is 5.32 Å². The predicted octanol–water partition coefficient (Wildman–Crippen LogP) is 0.724. The Morgan fingerprint density at radius 1 is 1.70 bits per heavy atom. The average Bonchev–Trinajstić information content (AvgIpc) is 2.33. The molecule has 1 aliphatic heterocycles. The first-order valence-electron chi connectivity index (χ1n) is 3.66. The molecule has 0 aromatic heterocycles. The number of ether oxygens (including phenoxy) is 1. The summed E-state index contributed by atoms with van der Waals surface area (Å²) in [4.78, 5) is 0. The molecule has 1 N–H and O–H groups in total. The van der Waals surface area contributed by atoms with Gasteiger partial charge in [0.05, 0.1) is 6.61 Å². The van der Waals surface area contributed by atoms with E-state index in [0.717, 1.165) is 13.0 Å². The summed E-state index contributed by atoms with van der Waals surface area (Å²) < 4.78 is 16.9. The van der Waals surface area contributed by atoms with Crippen LogP contribution < -0.4 is 5.32 Å². The second kappa shape index (κ2) is 3.30. The smallest absolute Gasteiger partial charge is 0.102 e. The van der Waals surface area contributed by atoms with E-state index in [9.17, 15) is 4.39 Å². The molecule has 0 saturated carbocycles. The fraction of sp³-hybridized carbons (Fsp3) is 1.00. The van der Waals surface area contributed by atoms with E-state index in [4.69, 9.17) is 4.74 Å². The molecule has 1 saturated heterocycles. The highest BCUT2D eigenvalue weighted by molar-refractivity contribution is 4.86. The van der Waals surface area contributed by atoms with Gasteiger partial charge in [0.2, 0.25) is 0 Å². The van der Waals surface area contributed by atoms with Gasteiger partial charge in [-0.25, -0.2) is 4.39 Å². The van der Waals surface area contributed by atoms with Crippen LogP contribution in [0, 0.1) is 0 Å². The Bertz CT molecular complexity index is 102. The lowest BCUT2D eigenvalue weighted by molar-refractivity contribution is 0.171. The van der Waals surface area contributed by atoms with Gasteiger partial charge in [-0.15, -0.1) is 0 Å². The molecule has 1 fully saturated rings. The first kappa shape index (κ1) is 7.95. The molecule has 0 bridgehead atoms. The molecular formula is C7H14FNO. The maximum Gasteiger partial charge on any atom is 0.102 e. The van der Waals surface area contributed by atoms with Gasteiger partial charge >= 0.3 is 0 Å². The van der Waals surface area contributed by atoms with Crippen LogP contribution in [-0.2, 0) is 4.74 Å². The molecular weight excluding hydrogens is 133 g/mol. The summed E-state index contributed by atoms with van der Waals surface area (Å²) in [6, 6.07) is 0. The molecule has 10 heavy (non-hydrogen) atoms. The molecule has 2 nitrogen and oxygen atoms in total. The van der Waals surface area contributed by atoms with Crippen LogP contribution in [0.25, 0.3) is 0 Å². The van der Waals surface area contributed by atoms with E-state index in [1.165, 1.54) is 0 Å². The van der Waals surface area contributed by atoms with Gasteiger partial charge in [-0.2, -0.15) is 0 Å². The highest BCUT2D eigenvalue weighted by Crippen LogP contribution is 2.16. The van der Waals surface area contributed by atoms with Crippen molar-refractivity contribution >= 4 is 0 Å². The molecule has 0 amide bonds. The molecule has 1 unspecified atom stereocenters. The van der Waals surface area contributed by atoms with Crippen molar-refractivity contribution in [2.45, 2.75) is 18.9 Å². The second-order valence-corrected chi connectivity index (χ2v) is 2.98. The lowest BCUT2D eigenvalue weighted by Crippen LogP contribution is -2.43. The quantitative estimate of drug-likeness (QED) is 0.635. The largest absolute Gasteiger partial charge is 0.379 e. The van der Waals surface area contributed by atoms with Gasteiger partial charge in [0.15, 0.2) is 0 Å². The van der Waals surface area contributed by atoms with Crippen LogP contribution in [0.3, 0.4) is 0 Å². The van der Waals surface area contributed by atoms with Crippen LogP contribution in [0.5, 0.6) is 0 Å². The van der Waals surface area contributed by atoms with Gasteiger partial charge in [-0.3, -0.25) is 0 Å². The van der Waals surface area contributed by atoms with Crippen LogP contribution in [0.4, 0.5) is 4.39 Å². The van der Waals surface area contributed by atoms with Crippen molar-refractivity contribution in [1.29, 1.82) is 0 Å². The molecule has 3 heteroatoms. The van der Waals surface area contributed by atoms with Crippen LogP contribution in [0.15, 0.2) is 0 Å². The summed E-state index contributed by atoms with van der Waals surface area (Å²) in [5, 5.41) is 3.11. The predicted molar refractivity (Wildman–Crippen MR) is 37.8 cm³/mol. The number of hydrogen-bond donors (Lipinski definition) is 1. The van der Waals surface area contributed by atoms with Gasteiger partial charge in [0, 0.05) is 18.7 Å². The van der Waals surface area contributed by atoms with E-state index in [0.29, 0.717) is 13.2 Å². The lowest BCUT2D eigenvalue weighted by atomic mass is 10.0. The molecule has 1 aliphatic rings. The summed E-state index contributed by atoms with van der Waals surface area (Å²) >= 11 is 0. The molecule has 60 valence electrons. The van der Waals surface area contributed by atoms with E-state index in [2.05, 4.69) is 12.2 Å². The fourth-order valence-electron chi connectivity index (χ4n) is 1.16.